The molecule has 0 spiro atoms. The lowest BCUT2D eigenvalue weighted by Crippen LogP contribution is -1.91. The summed E-state index contributed by atoms with van der Waals surface area (Å²) in [5, 5.41) is 0. The van der Waals surface area contributed by atoms with Gasteiger partial charge in [-0.15, -0.1) is 0 Å². The molecule has 1 aromatic heterocycles. The molecule has 0 amide bonds. The molecule has 140 valence electrons. The molecule has 0 radical (unpaired) electrons. The number of aryl methyl sites for hydroxylation is 2. The van der Waals surface area contributed by atoms with E-state index in [0.29, 0.717) is 0 Å². The zero-order valence-electron chi connectivity index (χ0n) is 16.7. The highest BCUT2D eigenvalue weighted by atomic mass is 14.6. The van der Waals surface area contributed by atoms with Crippen LogP contribution in [0.2, 0.25) is 0 Å². The molecule has 0 aliphatic carbocycles. The summed E-state index contributed by atoms with van der Waals surface area (Å²) in [7, 11) is 0. The molecule has 1 heteroatoms. The number of hydrogen-bond acceptors (Lipinski definition) is 0. The van der Waals surface area contributed by atoms with Gasteiger partial charge >= 0.3 is 0 Å². The molecule has 0 unspecified atom stereocenters. The fourth-order valence-corrected chi connectivity index (χ4v) is 3.62. The highest BCUT2D eigenvalue weighted by Gasteiger charge is 2.03. The molecule has 0 saturated heterocycles. The van der Waals surface area contributed by atoms with E-state index in [9.17, 15) is 0 Å². The quantitative estimate of drug-likeness (QED) is 0.278. The van der Waals surface area contributed by atoms with Gasteiger partial charge in [-0.1, -0.05) is 97.3 Å². The SMILES string of the molecule is CCCCCCCCCCCCCCc1c[nH]cc1CCCCC. The van der Waals surface area contributed by atoms with Crippen LogP contribution in [0.15, 0.2) is 12.4 Å². The van der Waals surface area contributed by atoms with E-state index in [4.69, 9.17) is 0 Å². The summed E-state index contributed by atoms with van der Waals surface area (Å²) >= 11 is 0. The zero-order chi connectivity index (χ0) is 17.3. The molecule has 0 aliphatic heterocycles. The maximum absolute atomic E-state index is 3.32. The smallest absolute Gasteiger partial charge is 0.00401 e. The van der Waals surface area contributed by atoms with Crippen molar-refractivity contribution in [3.05, 3.63) is 23.5 Å². The van der Waals surface area contributed by atoms with Crippen LogP contribution in [0, 0.1) is 0 Å². The third-order valence-corrected chi connectivity index (χ3v) is 5.28. The summed E-state index contributed by atoms with van der Waals surface area (Å²) in [5.41, 5.74) is 3.16. The Morgan fingerprint density at radius 1 is 0.500 bits per heavy atom. The van der Waals surface area contributed by atoms with E-state index in [1.165, 1.54) is 109 Å². The molecule has 1 nitrogen and oxygen atoms in total. The van der Waals surface area contributed by atoms with Crippen molar-refractivity contribution in [1.82, 2.24) is 4.98 Å². The van der Waals surface area contributed by atoms with Crippen LogP contribution in [0.1, 0.15) is 121 Å². The highest BCUT2D eigenvalue weighted by Crippen LogP contribution is 2.17. The fraction of sp³-hybridized carbons (Fsp3) is 0.826. The minimum absolute atomic E-state index is 1.27. The number of rotatable bonds is 17. The van der Waals surface area contributed by atoms with Crippen LogP contribution in [0.25, 0.3) is 0 Å². The van der Waals surface area contributed by atoms with Crippen molar-refractivity contribution >= 4 is 0 Å². The number of aromatic nitrogens is 1. The minimum atomic E-state index is 1.27. The van der Waals surface area contributed by atoms with Crippen LogP contribution in [-0.4, -0.2) is 4.98 Å². The van der Waals surface area contributed by atoms with Gasteiger partial charge in [0.05, 0.1) is 0 Å². The van der Waals surface area contributed by atoms with E-state index in [0.717, 1.165) is 0 Å². The van der Waals surface area contributed by atoms with Crippen LogP contribution in [0.3, 0.4) is 0 Å². The van der Waals surface area contributed by atoms with E-state index < -0.39 is 0 Å². The normalized spacial score (nSPS) is 11.2. The molecule has 1 N–H and O–H groups in total. The number of unbranched alkanes of at least 4 members (excludes halogenated alkanes) is 13. The molecule has 0 aromatic carbocycles. The zero-order valence-corrected chi connectivity index (χ0v) is 16.7. The summed E-state index contributed by atoms with van der Waals surface area (Å²) in [6.07, 6.45) is 28.3. The van der Waals surface area contributed by atoms with Crippen LogP contribution in [-0.2, 0) is 12.8 Å². The Morgan fingerprint density at radius 2 is 0.833 bits per heavy atom. The Bertz CT molecular complexity index is 366. The standard InChI is InChI=1S/C23H43N/c1-3-5-7-8-9-10-11-12-13-14-15-17-19-23-21-24-20-22(23)18-16-6-4-2/h20-21,24H,3-19H2,1-2H3. The summed E-state index contributed by atoms with van der Waals surface area (Å²) in [6.45, 7) is 4.58. The lowest BCUT2D eigenvalue weighted by molar-refractivity contribution is 0.544. The van der Waals surface area contributed by atoms with Gasteiger partial charge in [-0.25, -0.2) is 0 Å². The first-order valence-corrected chi connectivity index (χ1v) is 11.0. The Labute approximate surface area is 152 Å². The molecule has 0 saturated carbocycles. The van der Waals surface area contributed by atoms with Gasteiger partial charge < -0.3 is 4.98 Å². The molecule has 1 aromatic rings. The molecule has 24 heavy (non-hydrogen) atoms. The first-order chi connectivity index (χ1) is 11.9. The average Bonchev–Trinajstić information content (AvgIpc) is 3.03. The van der Waals surface area contributed by atoms with E-state index in [-0.39, 0.29) is 0 Å². The predicted octanol–water partition coefficient (Wildman–Crippen LogP) is 7.99. The second-order valence-corrected chi connectivity index (χ2v) is 7.60. The van der Waals surface area contributed by atoms with Crippen molar-refractivity contribution in [3.63, 3.8) is 0 Å². The van der Waals surface area contributed by atoms with E-state index in [1.54, 1.807) is 11.1 Å². The second-order valence-electron chi connectivity index (χ2n) is 7.60. The van der Waals surface area contributed by atoms with Gasteiger partial charge in [0, 0.05) is 12.4 Å². The van der Waals surface area contributed by atoms with Crippen LogP contribution >= 0.6 is 0 Å². The highest BCUT2D eigenvalue weighted by molar-refractivity contribution is 5.23. The van der Waals surface area contributed by atoms with Crippen molar-refractivity contribution in [3.8, 4) is 0 Å². The maximum atomic E-state index is 3.32. The van der Waals surface area contributed by atoms with Crippen molar-refractivity contribution in [2.75, 3.05) is 0 Å². The second kappa shape index (κ2) is 15.8. The fourth-order valence-electron chi connectivity index (χ4n) is 3.62. The van der Waals surface area contributed by atoms with Gasteiger partial charge in [-0.3, -0.25) is 0 Å². The third kappa shape index (κ3) is 10.9. The number of hydrogen-bond donors (Lipinski definition) is 1. The van der Waals surface area contributed by atoms with Gasteiger partial charge in [-0.05, 0) is 36.8 Å². The Kier molecular flexibility index (Phi) is 14.0. The summed E-state index contributed by atoms with van der Waals surface area (Å²) < 4.78 is 0. The van der Waals surface area contributed by atoms with Crippen LogP contribution in [0.4, 0.5) is 0 Å². The first-order valence-electron chi connectivity index (χ1n) is 11.0. The lowest BCUT2D eigenvalue weighted by Gasteiger charge is -2.05. The lowest BCUT2D eigenvalue weighted by atomic mass is 10.0. The minimum Gasteiger partial charge on any atom is -0.367 e. The largest absolute Gasteiger partial charge is 0.367 e. The summed E-state index contributed by atoms with van der Waals surface area (Å²) in [5.74, 6) is 0. The van der Waals surface area contributed by atoms with Crippen LogP contribution < -0.4 is 0 Å². The molecular weight excluding hydrogens is 290 g/mol. The summed E-state index contributed by atoms with van der Waals surface area (Å²) in [6, 6.07) is 0. The van der Waals surface area contributed by atoms with E-state index in [1.807, 2.05) is 0 Å². The average molecular weight is 334 g/mol. The van der Waals surface area contributed by atoms with E-state index >= 15 is 0 Å². The van der Waals surface area contributed by atoms with E-state index in [2.05, 4.69) is 31.2 Å². The van der Waals surface area contributed by atoms with Gasteiger partial charge in [0.15, 0.2) is 0 Å². The van der Waals surface area contributed by atoms with Gasteiger partial charge in [0.2, 0.25) is 0 Å². The molecular formula is C23H43N. The predicted molar refractivity (Wildman–Crippen MR) is 109 cm³/mol. The molecule has 0 fully saturated rings. The molecule has 0 aliphatic rings. The Morgan fingerprint density at radius 3 is 1.29 bits per heavy atom. The van der Waals surface area contributed by atoms with Crippen LogP contribution in [0.5, 0.6) is 0 Å². The number of H-pyrrole nitrogens is 1. The Balaban J connectivity index is 1.91. The van der Waals surface area contributed by atoms with Crippen molar-refractivity contribution in [1.29, 1.82) is 0 Å². The van der Waals surface area contributed by atoms with Crippen molar-refractivity contribution < 1.29 is 0 Å². The monoisotopic (exact) mass is 333 g/mol. The van der Waals surface area contributed by atoms with Crippen molar-refractivity contribution in [2.24, 2.45) is 0 Å². The first kappa shape index (κ1) is 21.3. The molecule has 0 bridgehead atoms. The summed E-state index contributed by atoms with van der Waals surface area (Å²) in [4.78, 5) is 3.32. The topological polar surface area (TPSA) is 15.8 Å². The van der Waals surface area contributed by atoms with Crippen molar-refractivity contribution in [2.45, 2.75) is 123 Å². The molecule has 0 atom stereocenters. The van der Waals surface area contributed by atoms with Gasteiger partial charge in [-0.2, -0.15) is 0 Å². The van der Waals surface area contributed by atoms with Gasteiger partial charge in [0.1, 0.15) is 0 Å². The number of aromatic amines is 1. The maximum Gasteiger partial charge on any atom is 0.00401 e. The molecule has 1 heterocycles. The third-order valence-electron chi connectivity index (χ3n) is 5.28. The molecule has 1 rings (SSSR count). The number of nitrogens with one attached hydrogen (secondary N) is 1. The van der Waals surface area contributed by atoms with Gasteiger partial charge in [0.25, 0.3) is 0 Å². The Hall–Kier alpha value is -0.720.